The van der Waals surface area contributed by atoms with Crippen LogP contribution in [0.4, 0.5) is 43.9 Å². The highest BCUT2D eigenvalue weighted by atomic mass is 32.2. The zero-order chi connectivity index (χ0) is 30.8. The third-order valence-electron chi connectivity index (χ3n) is 5.09. The second kappa shape index (κ2) is 21.8. The van der Waals surface area contributed by atoms with Crippen LogP contribution in [0, 0.1) is 0 Å². The second-order valence-corrected chi connectivity index (χ2v) is 11.8. The van der Waals surface area contributed by atoms with Gasteiger partial charge in [0.25, 0.3) is 0 Å². The van der Waals surface area contributed by atoms with Gasteiger partial charge in [-0.2, -0.15) is 43.9 Å². The zero-order valence-corrected chi connectivity index (χ0v) is 23.3. The Labute approximate surface area is 234 Å². The summed E-state index contributed by atoms with van der Waals surface area (Å²) in [5.41, 5.74) is 0. The van der Waals surface area contributed by atoms with E-state index in [4.69, 9.17) is 9.47 Å². The molecule has 0 saturated carbocycles. The highest BCUT2D eigenvalue weighted by Gasteiger charge is 2.57. The fourth-order valence-corrected chi connectivity index (χ4v) is 5.19. The first-order valence-electron chi connectivity index (χ1n) is 11.9. The summed E-state index contributed by atoms with van der Waals surface area (Å²) in [6.07, 6.45) is -11.0. The van der Waals surface area contributed by atoms with E-state index in [1.165, 1.54) is 14.2 Å². The number of unbranched alkanes of at least 4 members (excludes halogenated alkanes) is 3. The van der Waals surface area contributed by atoms with Crippen LogP contribution in [0.15, 0.2) is 0 Å². The molecule has 0 N–H and O–H groups in total. The van der Waals surface area contributed by atoms with Gasteiger partial charge in [0.15, 0.2) is 6.29 Å². The Morgan fingerprint density at radius 2 is 0.975 bits per heavy atom. The van der Waals surface area contributed by atoms with Crippen LogP contribution >= 0.6 is 0 Å². The first kappa shape index (κ1) is 43.6. The second-order valence-electron chi connectivity index (χ2n) is 8.37. The SMILES string of the molecule is C.COC(CCCCS(=O)CCCC(F)(F)C(F)(F)F)OC.O=CCCCCS(=O)CCCC(F)(F)C(F)(F)F. The molecule has 0 aromatic rings. The maximum Gasteiger partial charge on any atom is 0.453 e. The topological polar surface area (TPSA) is 69.7 Å². The van der Waals surface area contributed by atoms with Crippen molar-refractivity contribution in [2.45, 2.75) is 102 Å². The van der Waals surface area contributed by atoms with Gasteiger partial charge in [0.2, 0.25) is 0 Å². The standard InChI is InChI=1S/C12H21F5O3S.C10H15F5O2S.CH4/c1-19-10(20-2)6-3-4-8-21(18)9-5-7-11(13,14)12(15,16)17;11-9(12,10(13,14)15)5-4-8-18(17)7-3-1-2-6-16;/h10H,3-9H2,1-2H3;6H,1-5,7-8H2;1H4. The third kappa shape index (κ3) is 21.0. The van der Waals surface area contributed by atoms with Crippen LogP contribution in [0.2, 0.25) is 0 Å². The van der Waals surface area contributed by atoms with Crippen molar-refractivity contribution in [3.8, 4) is 0 Å². The van der Waals surface area contributed by atoms with Crippen molar-refractivity contribution in [1.82, 2.24) is 0 Å². The van der Waals surface area contributed by atoms with Gasteiger partial charge in [-0.15, -0.1) is 0 Å². The molecule has 2 atom stereocenters. The molecule has 0 aliphatic heterocycles. The molecule has 244 valence electrons. The molecule has 40 heavy (non-hydrogen) atoms. The number of halogens is 10. The lowest BCUT2D eigenvalue weighted by atomic mass is 10.2. The van der Waals surface area contributed by atoms with E-state index in [9.17, 15) is 57.1 Å². The van der Waals surface area contributed by atoms with E-state index in [2.05, 4.69) is 0 Å². The van der Waals surface area contributed by atoms with Crippen LogP contribution in [0.5, 0.6) is 0 Å². The Balaban J connectivity index is -0.000000675. The van der Waals surface area contributed by atoms with Crippen molar-refractivity contribution in [3.63, 3.8) is 0 Å². The monoisotopic (exact) mass is 650 g/mol. The van der Waals surface area contributed by atoms with Gasteiger partial charge in [0.1, 0.15) is 6.29 Å². The van der Waals surface area contributed by atoms with Gasteiger partial charge in [0, 0.05) is 78.1 Å². The van der Waals surface area contributed by atoms with E-state index in [1.807, 2.05) is 0 Å². The highest BCUT2D eigenvalue weighted by Crippen LogP contribution is 2.39. The quantitative estimate of drug-likeness (QED) is 0.0603. The fourth-order valence-electron chi connectivity index (χ4n) is 2.79. The minimum absolute atomic E-state index is 0. The molecule has 2 unspecified atom stereocenters. The lowest BCUT2D eigenvalue weighted by molar-refractivity contribution is -0.284. The summed E-state index contributed by atoms with van der Waals surface area (Å²) in [4.78, 5) is 9.96. The number of carbonyl (C=O) groups excluding carboxylic acids is 1. The van der Waals surface area contributed by atoms with Crippen LogP contribution < -0.4 is 0 Å². The molecule has 0 saturated heterocycles. The fraction of sp³-hybridized carbons (Fsp3) is 0.957. The molecule has 0 spiro atoms. The molecule has 0 aliphatic carbocycles. The molecule has 0 heterocycles. The number of aldehydes is 1. The van der Waals surface area contributed by atoms with Crippen LogP contribution in [-0.2, 0) is 35.9 Å². The first-order valence-corrected chi connectivity index (χ1v) is 14.9. The first-order chi connectivity index (χ1) is 17.8. The van der Waals surface area contributed by atoms with Gasteiger partial charge in [-0.3, -0.25) is 8.42 Å². The summed E-state index contributed by atoms with van der Waals surface area (Å²) in [7, 11) is 0.202. The number of hydrogen-bond donors (Lipinski definition) is 0. The lowest BCUT2D eigenvalue weighted by Gasteiger charge is -2.19. The normalized spacial score (nSPS) is 14.2. The predicted octanol–water partition coefficient (Wildman–Crippen LogP) is 7.22. The van der Waals surface area contributed by atoms with E-state index in [0.717, 1.165) is 0 Å². The van der Waals surface area contributed by atoms with E-state index >= 15 is 0 Å². The van der Waals surface area contributed by atoms with Crippen molar-refractivity contribution in [1.29, 1.82) is 0 Å². The Morgan fingerprint density at radius 3 is 1.30 bits per heavy atom. The summed E-state index contributed by atoms with van der Waals surface area (Å²) in [6.45, 7) is 0. The molecule has 0 aromatic heterocycles. The maximum atomic E-state index is 12.6. The van der Waals surface area contributed by atoms with Crippen molar-refractivity contribution in [3.05, 3.63) is 0 Å². The summed E-state index contributed by atoms with van der Waals surface area (Å²) in [5.74, 6) is -9.24. The van der Waals surface area contributed by atoms with Gasteiger partial charge in [-0.05, 0) is 44.9 Å². The highest BCUT2D eigenvalue weighted by molar-refractivity contribution is 7.85. The Hall–Kier alpha value is -0.810. The van der Waals surface area contributed by atoms with E-state index < -0.39 is 71.5 Å². The molecular weight excluding hydrogens is 610 g/mol. The number of carbonyl (C=O) groups is 1. The van der Waals surface area contributed by atoms with E-state index in [-0.39, 0.29) is 36.7 Å². The van der Waals surface area contributed by atoms with Gasteiger partial charge in [0.05, 0.1) is 0 Å². The van der Waals surface area contributed by atoms with Gasteiger partial charge in [-0.1, -0.05) is 7.43 Å². The molecule has 0 bridgehead atoms. The van der Waals surface area contributed by atoms with Crippen LogP contribution in [0.1, 0.15) is 71.6 Å². The summed E-state index contributed by atoms with van der Waals surface area (Å²) < 4.78 is 154. The molecule has 17 heteroatoms. The number of rotatable bonds is 20. The Kier molecular flexibility index (Phi) is 23.8. The van der Waals surface area contributed by atoms with Gasteiger partial charge >= 0.3 is 24.2 Å². The minimum Gasteiger partial charge on any atom is -0.356 e. The van der Waals surface area contributed by atoms with E-state index in [1.54, 1.807) is 0 Å². The third-order valence-corrected chi connectivity index (χ3v) is 8.06. The lowest BCUT2D eigenvalue weighted by Crippen LogP contribution is -2.36. The maximum absolute atomic E-state index is 12.6. The zero-order valence-electron chi connectivity index (χ0n) is 21.7. The Bertz CT molecular complexity index is 701. The predicted molar refractivity (Wildman–Crippen MR) is 135 cm³/mol. The van der Waals surface area contributed by atoms with E-state index in [0.29, 0.717) is 44.8 Å². The van der Waals surface area contributed by atoms with Crippen LogP contribution in [-0.4, -0.2) is 82.4 Å². The molecule has 0 amide bonds. The van der Waals surface area contributed by atoms with Crippen LogP contribution in [0.25, 0.3) is 0 Å². The van der Waals surface area contributed by atoms with Gasteiger partial charge in [-0.25, -0.2) is 0 Å². The average Bonchev–Trinajstić information content (AvgIpc) is 2.81. The minimum atomic E-state index is -5.54. The molecule has 0 fully saturated rings. The number of alkyl halides is 10. The van der Waals surface area contributed by atoms with Crippen LogP contribution in [0.3, 0.4) is 0 Å². The number of methoxy groups -OCH3 is 2. The molecular formula is C23H40F10O5S2. The number of hydrogen-bond acceptors (Lipinski definition) is 5. The summed E-state index contributed by atoms with van der Waals surface area (Å²) in [5, 5.41) is 0. The van der Waals surface area contributed by atoms with Crippen molar-refractivity contribution >= 4 is 27.9 Å². The van der Waals surface area contributed by atoms with Gasteiger partial charge < -0.3 is 14.3 Å². The average molecular weight is 651 g/mol. The number of ether oxygens (including phenoxy) is 2. The summed E-state index contributed by atoms with van der Waals surface area (Å²) in [6, 6.07) is 0. The molecule has 0 aromatic carbocycles. The van der Waals surface area contributed by atoms with Crippen molar-refractivity contribution < 1.29 is 66.6 Å². The van der Waals surface area contributed by atoms with Crippen molar-refractivity contribution in [2.75, 3.05) is 37.2 Å². The largest absolute Gasteiger partial charge is 0.453 e. The Morgan fingerprint density at radius 1 is 0.625 bits per heavy atom. The molecule has 5 nitrogen and oxygen atoms in total. The molecule has 0 aliphatic rings. The molecule has 0 rings (SSSR count). The smallest absolute Gasteiger partial charge is 0.356 e. The summed E-state index contributed by atoms with van der Waals surface area (Å²) >= 11 is 0. The molecule has 0 radical (unpaired) electrons. The van der Waals surface area contributed by atoms with Crippen molar-refractivity contribution in [2.24, 2.45) is 0 Å².